The first-order valence-corrected chi connectivity index (χ1v) is 9.00. The van der Waals surface area contributed by atoms with Crippen molar-refractivity contribution in [2.75, 3.05) is 6.54 Å². The minimum atomic E-state index is -0.305. The summed E-state index contributed by atoms with van der Waals surface area (Å²) >= 11 is 0. The Labute approximate surface area is 156 Å². The van der Waals surface area contributed by atoms with E-state index in [4.69, 9.17) is 5.73 Å². The monoisotopic (exact) mass is 363 g/mol. The standard InChI is InChI=1S/C20H21N5O2/c1-12-16-9-15(11-22-19(16)24-23-12)20(27)25-8-7-14(18(21)26)10-17(25)13-5-3-2-4-6-13/h2-6,9,11,14,17H,7-8,10H2,1H3,(H2,21,26)(H,22,23,24). The molecule has 4 rings (SSSR count). The van der Waals surface area contributed by atoms with Gasteiger partial charge in [-0.2, -0.15) is 5.10 Å². The summed E-state index contributed by atoms with van der Waals surface area (Å²) in [4.78, 5) is 31.2. The van der Waals surface area contributed by atoms with Crippen molar-refractivity contribution >= 4 is 22.8 Å². The number of primary amides is 1. The first-order chi connectivity index (χ1) is 13.0. The molecule has 1 aliphatic heterocycles. The van der Waals surface area contributed by atoms with E-state index in [2.05, 4.69) is 15.2 Å². The number of carbonyl (C=O) groups excluding carboxylic acids is 2. The zero-order chi connectivity index (χ0) is 19.0. The van der Waals surface area contributed by atoms with Crippen LogP contribution in [0.15, 0.2) is 42.6 Å². The van der Waals surface area contributed by atoms with Crippen LogP contribution in [0.3, 0.4) is 0 Å². The minimum absolute atomic E-state index is 0.0956. The van der Waals surface area contributed by atoms with E-state index in [1.54, 1.807) is 6.20 Å². The molecule has 2 atom stereocenters. The van der Waals surface area contributed by atoms with Gasteiger partial charge in [-0.1, -0.05) is 30.3 Å². The van der Waals surface area contributed by atoms with Crippen molar-refractivity contribution in [3.05, 3.63) is 59.4 Å². The van der Waals surface area contributed by atoms with E-state index in [0.29, 0.717) is 30.6 Å². The van der Waals surface area contributed by atoms with Crippen LogP contribution >= 0.6 is 0 Å². The SMILES string of the molecule is Cc1n[nH]c2ncc(C(=O)N3CCC(C(N)=O)CC3c3ccccc3)cc12. The summed E-state index contributed by atoms with van der Waals surface area (Å²) in [6, 6.07) is 11.4. The third-order valence-electron chi connectivity index (χ3n) is 5.30. The summed E-state index contributed by atoms with van der Waals surface area (Å²) in [7, 11) is 0. The average Bonchev–Trinajstić information content (AvgIpc) is 3.08. The van der Waals surface area contributed by atoms with Gasteiger partial charge in [0, 0.05) is 24.0 Å². The molecule has 0 spiro atoms. The largest absolute Gasteiger partial charge is 0.369 e. The van der Waals surface area contributed by atoms with Crippen LogP contribution in [-0.2, 0) is 4.79 Å². The van der Waals surface area contributed by atoms with Crippen LogP contribution in [0.5, 0.6) is 0 Å². The topological polar surface area (TPSA) is 105 Å². The molecule has 1 aliphatic rings. The lowest BCUT2D eigenvalue weighted by molar-refractivity contribution is -0.123. The number of carbonyl (C=O) groups is 2. The number of pyridine rings is 1. The van der Waals surface area contributed by atoms with Gasteiger partial charge in [-0.25, -0.2) is 4.98 Å². The number of piperidine rings is 1. The van der Waals surface area contributed by atoms with Gasteiger partial charge in [0.15, 0.2) is 5.65 Å². The van der Waals surface area contributed by atoms with Crippen LogP contribution in [-0.4, -0.2) is 38.4 Å². The second-order valence-electron chi connectivity index (χ2n) is 6.98. The molecule has 27 heavy (non-hydrogen) atoms. The number of nitrogens with one attached hydrogen (secondary N) is 1. The molecule has 3 N–H and O–H groups in total. The molecule has 7 heteroatoms. The fourth-order valence-electron chi connectivity index (χ4n) is 3.77. The highest BCUT2D eigenvalue weighted by Gasteiger charge is 2.35. The van der Waals surface area contributed by atoms with Gasteiger partial charge >= 0.3 is 0 Å². The van der Waals surface area contributed by atoms with E-state index in [1.165, 1.54) is 0 Å². The first kappa shape index (κ1) is 17.2. The van der Waals surface area contributed by atoms with Crippen LogP contribution in [0.25, 0.3) is 11.0 Å². The Balaban J connectivity index is 1.69. The van der Waals surface area contributed by atoms with E-state index < -0.39 is 0 Å². The van der Waals surface area contributed by atoms with Crippen LogP contribution in [0, 0.1) is 12.8 Å². The van der Waals surface area contributed by atoms with E-state index in [9.17, 15) is 9.59 Å². The molecule has 1 fully saturated rings. The lowest BCUT2D eigenvalue weighted by Crippen LogP contribution is -2.44. The molecule has 138 valence electrons. The summed E-state index contributed by atoms with van der Waals surface area (Å²) in [6.07, 6.45) is 2.68. The van der Waals surface area contributed by atoms with Gasteiger partial charge in [0.05, 0.1) is 17.3 Å². The third kappa shape index (κ3) is 3.16. The quantitative estimate of drug-likeness (QED) is 0.745. The Morgan fingerprint density at radius 1 is 1.26 bits per heavy atom. The van der Waals surface area contributed by atoms with E-state index >= 15 is 0 Å². The summed E-state index contributed by atoms with van der Waals surface area (Å²) in [6.45, 7) is 2.36. The number of aromatic nitrogens is 3. The lowest BCUT2D eigenvalue weighted by Gasteiger charge is -2.39. The zero-order valence-corrected chi connectivity index (χ0v) is 15.1. The van der Waals surface area contributed by atoms with Gasteiger partial charge in [-0.05, 0) is 31.4 Å². The molecule has 0 radical (unpaired) electrons. The van der Waals surface area contributed by atoms with Crippen LogP contribution < -0.4 is 5.73 Å². The van der Waals surface area contributed by atoms with Crippen molar-refractivity contribution in [3.8, 4) is 0 Å². The number of nitrogens with zero attached hydrogens (tertiary/aromatic N) is 3. The van der Waals surface area contributed by atoms with Crippen molar-refractivity contribution in [1.29, 1.82) is 0 Å². The van der Waals surface area contributed by atoms with Gasteiger partial charge in [0.1, 0.15) is 0 Å². The summed E-state index contributed by atoms with van der Waals surface area (Å²) in [5, 5.41) is 7.82. The zero-order valence-electron chi connectivity index (χ0n) is 15.1. The van der Waals surface area contributed by atoms with E-state index in [0.717, 1.165) is 16.6 Å². The molecule has 0 aliphatic carbocycles. The number of aryl methyl sites for hydroxylation is 1. The highest BCUT2D eigenvalue weighted by atomic mass is 16.2. The smallest absolute Gasteiger partial charge is 0.255 e. The number of benzene rings is 1. The second-order valence-corrected chi connectivity index (χ2v) is 6.98. The van der Waals surface area contributed by atoms with Crippen molar-refractivity contribution < 1.29 is 9.59 Å². The molecule has 7 nitrogen and oxygen atoms in total. The minimum Gasteiger partial charge on any atom is -0.369 e. The second kappa shape index (κ2) is 6.83. The molecule has 3 aromatic rings. The maximum Gasteiger partial charge on any atom is 0.255 e. The average molecular weight is 363 g/mol. The predicted octanol–water partition coefficient (Wildman–Crippen LogP) is 2.35. The molecule has 0 saturated carbocycles. The molecule has 2 unspecified atom stereocenters. The predicted molar refractivity (Wildman–Crippen MR) is 101 cm³/mol. The van der Waals surface area contributed by atoms with Crippen LogP contribution in [0.2, 0.25) is 0 Å². The fourth-order valence-corrected chi connectivity index (χ4v) is 3.77. The molecule has 2 aromatic heterocycles. The number of rotatable bonds is 3. The van der Waals surface area contributed by atoms with Gasteiger partial charge < -0.3 is 10.6 Å². The van der Waals surface area contributed by atoms with Crippen LogP contribution in [0.4, 0.5) is 0 Å². The van der Waals surface area contributed by atoms with Crippen molar-refractivity contribution in [1.82, 2.24) is 20.1 Å². The normalized spacial score (nSPS) is 20.0. The van der Waals surface area contributed by atoms with Gasteiger partial charge in [0.2, 0.25) is 5.91 Å². The van der Waals surface area contributed by atoms with Crippen molar-refractivity contribution in [2.45, 2.75) is 25.8 Å². The highest BCUT2D eigenvalue weighted by Crippen LogP contribution is 2.35. The number of nitrogens with two attached hydrogens (primary N) is 1. The summed E-state index contributed by atoms with van der Waals surface area (Å²) < 4.78 is 0. The fraction of sp³-hybridized carbons (Fsp3) is 0.300. The Morgan fingerprint density at radius 3 is 2.78 bits per heavy atom. The molecular formula is C20H21N5O2. The molecule has 1 saturated heterocycles. The Morgan fingerprint density at radius 2 is 2.04 bits per heavy atom. The number of likely N-dealkylation sites (tertiary alicyclic amines) is 1. The number of H-pyrrole nitrogens is 1. The molecule has 3 heterocycles. The van der Waals surface area contributed by atoms with Crippen molar-refractivity contribution in [2.24, 2.45) is 11.7 Å². The number of fused-ring (bicyclic) bond motifs is 1. The maximum absolute atomic E-state index is 13.3. The number of aromatic amines is 1. The molecule has 1 aromatic carbocycles. The molecular weight excluding hydrogens is 342 g/mol. The van der Waals surface area contributed by atoms with Gasteiger partial charge in [-0.3, -0.25) is 14.7 Å². The summed E-state index contributed by atoms with van der Waals surface area (Å²) in [5.74, 6) is -0.627. The Bertz CT molecular complexity index is 998. The maximum atomic E-state index is 13.3. The molecule has 2 amide bonds. The number of amides is 2. The Hall–Kier alpha value is -3.22. The third-order valence-corrected chi connectivity index (χ3v) is 5.30. The van der Waals surface area contributed by atoms with Gasteiger partial charge in [0.25, 0.3) is 5.91 Å². The van der Waals surface area contributed by atoms with E-state index in [1.807, 2.05) is 48.2 Å². The molecule has 0 bridgehead atoms. The summed E-state index contributed by atoms with van der Waals surface area (Å²) in [5.41, 5.74) is 8.54. The first-order valence-electron chi connectivity index (χ1n) is 9.00. The van der Waals surface area contributed by atoms with Crippen molar-refractivity contribution in [3.63, 3.8) is 0 Å². The van der Waals surface area contributed by atoms with E-state index in [-0.39, 0.29) is 23.8 Å². The number of hydrogen-bond acceptors (Lipinski definition) is 4. The lowest BCUT2D eigenvalue weighted by atomic mass is 9.86. The van der Waals surface area contributed by atoms with Crippen LogP contribution in [0.1, 0.15) is 40.5 Å². The number of hydrogen-bond donors (Lipinski definition) is 2. The van der Waals surface area contributed by atoms with Gasteiger partial charge in [-0.15, -0.1) is 0 Å². The Kier molecular flexibility index (Phi) is 4.35. The highest BCUT2D eigenvalue weighted by molar-refractivity contribution is 5.97.